The maximum atomic E-state index is 8.50. The fourth-order valence-corrected chi connectivity index (χ4v) is 1.01. The SMILES string of the molecule is N#Cc1ccc([C@H]2CO2)cc1. The number of hydrogen-bond acceptors (Lipinski definition) is 2. The van der Waals surface area contributed by atoms with E-state index in [1.165, 1.54) is 5.56 Å². The molecule has 1 heterocycles. The molecule has 2 heteroatoms. The molecule has 0 radical (unpaired) electrons. The van der Waals surface area contributed by atoms with Crippen LogP contribution >= 0.6 is 0 Å². The molecule has 54 valence electrons. The van der Waals surface area contributed by atoms with Crippen molar-refractivity contribution in [3.63, 3.8) is 0 Å². The van der Waals surface area contributed by atoms with Gasteiger partial charge in [-0.1, -0.05) is 12.1 Å². The molecule has 11 heavy (non-hydrogen) atoms. The van der Waals surface area contributed by atoms with E-state index in [0.29, 0.717) is 11.7 Å². The number of nitrogens with zero attached hydrogens (tertiary/aromatic N) is 1. The van der Waals surface area contributed by atoms with Crippen molar-refractivity contribution in [3.8, 4) is 6.07 Å². The molecule has 2 nitrogen and oxygen atoms in total. The molecule has 1 aromatic rings. The van der Waals surface area contributed by atoms with Crippen LogP contribution in [0, 0.1) is 11.3 Å². The van der Waals surface area contributed by atoms with Crippen molar-refractivity contribution in [2.24, 2.45) is 0 Å². The quantitative estimate of drug-likeness (QED) is 0.563. The molecule has 1 aliphatic heterocycles. The molecule has 0 aromatic heterocycles. The Balaban J connectivity index is 2.27. The lowest BCUT2D eigenvalue weighted by molar-refractivity contribution is 0.415. The molecule has 0 unspecified atom stereocenters. The van der Waals surface area contributed by atoms with E-state index in [0.717, 1.165) is 6.61 Å². The summed E-state index contributed by atoms with van der Waals surface area (Å²) in [6.45, 7) is 0.825. The van der Waals surface area contributed by atoms with Gasteiger partial charge in [0.1, 0.15) is 6.10 Å². The molecule has 1 saturated heterocycles. The normalized spacial score (nSPS) is 20.8. The fourth-order valence-electron chi connectivity index (χ4n) is 1.01. The van der Waals surface area contributed by atoms with Crippen LogP contribution in [0.2, 0.25) is 0 Å². The lowest BCUT2D eigenvalue weighted by Crippen LogP contribution is -1.80. The number of hydrogen-bond donors (Lipinski definition) is 0. The van der Waals surface area contributed by atoms with E-state index in [-0.39, 0.29) is 0 Å². The van der Waals surface area contributed by atoms with Gasteiger partial charge in [0, 0.05) is 0 Å². The summed E-state index contributed by atoms with van der Waals surface area (Å²) in [6, 6.07) is 9.59. The van der Waals surface area contributed by atoms with Crippen LogP contribution in [-0.4, -0.2) is 6.61 Å². The monoisotopic (exact) mass is 145 g/mol. The fraction of sp³-hybridized carbons (Fsp3) is 0.222. The summed E-state index contributed by atoms with van der Waals surface area (Å²) in [5.41, 5.74) is 1.87. The van der Waals surface area contributed by atoms with Crippen LogP contribution < -0.4 is 0 Å². The third-order valence-corrected chi connectivity index (χ3v) is 1.74. The first-order chi connectivity index (χ1) is 5.40. The highest BCUT2D eigenvalue weighted by Gasteiger charge is 2.23. The summed E-state index contributed by atoms with van der Waals surface area (Å²) < 4.78 is 5.09. The Bertz CT molecular complexity index is 292. The van der Waals surface area contributed by atoms with Gasteiger partial charge in [-0.2, -0.15) is 5.26 Å². The van der Waals surface area contributed by atoms with Crippen LogP contribution in [0.3, 0.4) is 0 Å². The lowest BCUT2D eigenvalue weighted by atomic mass is 10.1. The third-order valence-electron chi connectivity index (χ3n) is 1.74. The molecule has 0 N–H and O–H groups in total. The Morgan fingerprint density at radius 1 is 1.36 bits per heavy atom. The molecule has 0 amide bonds. The van der Waals surface area contributed by atoms with Gasteiger partial charge in [-0.15, -0.1) is 0 Å². The van der Waals surface area contributed by atoms with E-state index >= 15 is 0 Å². The zero-order valence-corrected chi connectivity index (χ0v) is 5.95. The largest absolute Gasteiger partial charge is 0.368 e. The van der Waals surface area contributed by atoms with E-state index in [1.807, 2.05) is 24.3 Å². The number of ether oxygens (including phenoxy) is 1. The Hall–Kier alpha value is -1.33. The summed E-state index contributed by atoms with van der Waals surface area (Å²) in [6.07, 6.45) is 0.294. The second-order valence-corrected chi connectivity index (χ2v) is 2.56. The molecule has 1 fully saturated rings. The number of rotatable bonds is 1. The smallest absolute Gasteiger partial charge is 0.106 e. The van der Waals surface area contributed by atoms with Gasteiger partial charge in [-0.25, -0.2) is 0 Å². The first-order valence-electron chi connectivity index (χ1n) is 3.52. The molecular formula is C9H7NO. The van der Waals surface area contributed by atoms with Gasteiger partial charge in [0.05, 0.1) is 18.2 Å². The summed E-state index contributed by atoms with van der Waals surface area (Å²) in [7, 11) is 0. The van der Waals surface area contributed by atoms with Crippen molar-refractivity contribution in [2.75, 3.05) is 6.61 Å². The van der Waals surface area contributed by atoms with Crippen LogP contribution in [0.1, 0.15) is 17.2 Å². The van der Waals surface area contributed by atoms with E-state index in [4.69, 9.17) is 10.00 Å². The predicted molar refractivity (Wildman–Crippen MR) is 39.9 cm³/mol. The van der Waals surface area contributed by atoms with Gasteiger partial charge >= 0.3 is 0 Å². The van der Waals surface area contributed by atoms with Crippen molar-refractivity contribution in [1.29, 1.82) is 5.26 Å². The van der Waals surface area contributed by atoms with Crippen molar-refractivity contribution in [2.45, 2.75) is 6.10 Å². The summed E-state index contributed by atoms with van der Waals surface area (Å²) in [5, 5.41) is 8.50. The molecular weight excluding hydrogens is 138 g/mol. The predicted octanol–water partition coefficient (Wildman–Crippen LogP) is 1.63. The van der Waals surface area contributed by atoms with Crippen LogP contribution in [-0.2, 0) is 4.74 Å². The minimum atomic E-state index is 0.294. The zero-order chi connectivity index (χ0) is 7.68. The van der Waals surface area contributed by atoms with Crippen LogP contribution in [0.4, 0.5) is 0 Å². The highest BCUT2D eigenvalue weighted by molar-refractivity contribution is 5.33. The zero-order valence-electron chi connectivity index (χ0n) is 5.95. The number of nitriles is 1. The Labute approximate surface area is 65.0 Å². The van der Waals surface area contributed by atoms with Crippen molar-refractivity contribution < 1.29 is 4.74 Å². The third kappa shape index (κ3) is 1.24. The van der Waals surface area contributed by atoms with Gasteiger partial charge in [-0.05, 0) is 17.7 Å². The van der Waals surface area contributed by atoms with Gasteiger partial charge in [0.2, 0.25) is 0 Å². The molecule has 0 bridgehead atoms. The molecule has 1 atom stereocenters. The van der Waals surface area contributed by atoms with Crippen molar-refractivity contribution >= 4 is 0 Å². The maximum Gasteiger partial charge on any atom is 0.106 e. The van der Waals surface area contributed by atoms with E-state index < -0.39 is 0 Å². The lowest BCUT2D eigenvalue weighted by Gasteiger charge is -1.93. The second kappa shape index (κ2) is 2.37. The Kier molecular flexibility index (Phi) is 1.38. The van der Waals surface area contributed by atoms with E-state index in [9.17, 15) is 0 Å². The van der Waals surface area contributed by atoms with E-state index in [2.05, 4.69) is 6.07 Å². The first kappa shape index (κ1) is 6.38. The standard InChI is InChI=1S/C9H7NO/c10-5-7-1-3-8(4-2-7)9-6-11-9/h1-4,9H,6H2/t9-/m1/s1. The van der Waals surface area contributed by atoms with Gasteiger partial charge in [0.25, 0.3) is 0 Å². The van der Waals surface area contributed by atoms with Crippen LogP contribution in [0.15, 0.2) is 24.3 Å². The van der Waals surface area contributed by atoms with Gasteiger partial charge in [0.15, 0.2) is 0 Å². The summed E-state index contributed by atoms with van der Waals surface area (Å²) in [4.78, 5) is 0. The Morgan fingerprint density at radius 3 is 2.45 bits per heavy atom. The van der Waals surface area contributed by atoms with Gasteiger partial charge < -0.3 is 4.74 Å². The minimum Gasteiger partial charge on any atom is -0.368 e. The van der Waals surface area contributed by atoms with Crippen molar-refractivity contribution in [1.82, 2.24) is 0 Å². The topological polar surface area (TPSA) is 36.3 Å². The first-order valence-corrected chi connectivity index (χ1v) is 3.52. The highest BCUT2D eigenvalue weighted by Crippen LogP contribution is 2.29. The highest BCUT2D eigenvalue weighted by atomic mass is 16.6. The number of epoxide rings is 1. The van der Waals surface area contributed by atoms with E-state index in [1.54, 1.807) is 0 Å². The maximum absolute atomic E-state index is 8.50. The molecule has 1 aliphatic rings. The van der Waals surface area contributed by atoms with Crippen molar-refractivity contribution in [3.05, 3.63) is 35.4 Å². The summed E-state index contributed by atoms with van der Waals surface area (Å²) in [5.74, 6) is 0. The molecule has 0 spiro atoms. The number of benzene rings is 1. The molecule has 0 aliphatic carbocycles. The minimum absolute atomic E-state index is 0.294. The van der Waals surface area contributed by atoms with Gasteiger partial charge in [-0.3, -0.25) is 0 Å². The average Bonchev–Trinajstić information content (AvgIpc) is 2.87. The van der Waals surface area contributed by atoms with Crippen LogP contribution in [0.25, 0.3) is 0 Å². The molecule has 1 aromatic carbocycles. The van der Waals surface area contributed by atoms with Crippen LogP contribution in [0.5, 0.6) is 0 Å². The summed E-state index contributed by atoms with van der Waals surface area (Å²) >= 11 is 0. The average molecular weight is 145 g/mol. The Morgan fingerprint density at radius 2 is 2.00 bits per heavy atom. The molecule has 0 saturated carbocycles. The second-order valence-electron chi connectivity index (χ2n) is 2.56. The molecule has 2 rings (SSSR count).